The topological polar surface area (TPSA) is 71.0 Å². The van der Waals surface area contributed by atoms with Gasteiger partial charge < -0.3 is 25.0 Å². The van der Waals surface area contributed by atoms with E-state index < -0.39 is 6.10 Å². The lowest BCUT2D eigenvalue weighted by Crippen LogP contribution is -2.32. The van der Waals surface area contributed by atoms with Crippen molar-refractivity contribution in [3.8, 4) is 11.5 Å². The smallest absolute Gasteiger partial charge is 0.119 e. The predicted octanol–water partition coefficient (Wildman–Crippen LogP) is 2.57. The second kappa shape index (κ2) is 12.5. The molecule has 0 aliphatic rings. The second-order valence-corrected chi connectivity index (χ2v) is 5.97. The van der Waals surface area contributed by atoms with E-state index in [2.05, 4.69) is 5.32 Å². The van der Waals surface area contributed by atoms with Gasteiger partial charge in [-0.3, -0.25) is 0 Å². The van der Waals surface area contributed by atoms with Crippen LogP contribution in [0.15, 0.2) is 48.5 Å². The molecule has 0 amide bonds. The van der Waals surface area contributed by atoms with E-state index in [4.69, 9.17) is 9.47 Å². The molecule has 0 saturated heterocycles. The summed E-state index contributed by atoms with van der Waals surface area (Å²) in [6.45, 7) is 2.19. The van der Waals surface area contributed by atoms with Gasteiger partial charge in [0.1, 0.15) is 24.2 Å². The number of phenolic OH excluding ortho intramolecular Hbond substituents is 1. The van der Waals surface area contributed by atoms with Gasteiger partial charge in [-0.25, -0.2) is 0 Å². The van der Waals surface area contributed by atoms with E-state index in [0.717, 1.165) is 30.7 Å². The maximum Gasteiger partial charge on any atom is 0.119 e. The summed E-state index contributed by atoms with van der Waals surface area (Å²) in [5.74, 6) is 1.03. The van der Waals surface area contributed by atoms with Crippen molar-refractivity contribution in [2.24, 2.45) is 0 Å². The van der Waals surface area contributed by atoms with Crippen LogP contribution in [0.5, 0.6) is 11.5 Å². The van der Waals surface area contributed by atoms with Gasteiger partial charge in [-0.1, -0.05) is 24.3 Å². The van der Waals surface area contributed by atoms with E-state index in [9.17, 15) is 10.2 Å². The van der Waals surface area contributed by atoms with Crippen molar-refractivity contribution in [1.29, 1.82) is 0 Å². The number of benzene rings is 2. The molecule has 0 heterocycles. The lowest BCUT2D eigenvalue weighted by atomic mass is 10.1. The van der Waals surface area contributed by atoms with Crippen molar-refractivity contribution < 1.29 is 19.7 Å². The minimum absolute atomic E-state index is 0. The molecule has 144 valence electrons. The number of hydrogen-bond acceptors (Lipinski definition) is 5. The summed E-state index contributed by atoms with van der Waals surface area (Å²) in [7, 11) is 1.69. The van der Waals surface area contributed by atoms with Gasteiger partial charge in [0.25, 0.3) is 0 Å². The summed E-state index contributed by atoms with van der Waals surface area (Å²) in [6, 6.07) is 15.0. The molecule has 2 aromatic carbocycles. The van der Waals surface area contributed by atoms with Gasteiger partial charge >= 0.3 is 0 Å². The number of ether oxygens (including phenoxy) is 2. The molecule has 0 bridgehead atoms. The predicted molar refractivity (Wildman–Crippen MR) is 105 cm³/mol. The van der Waals surface area contributed by atoms with Crippen molar-refractivity contribution in [2.45, 2.75) is 18.9 Å². The maximum atomic E-state index is 9.98. The Morgan fingerprint density at radius 3 is 2.23 bits per heavy atom. The quantitative estimate of drug-likeness (QED) is 0.522. The first-order valence-corrected chi connectivity index (χ1v) is 8.54. The molecule has 0 radical (unpaired) electrons. The Morgan fingerprint density at radius 1 is 0.962 bits per heavy atom. The molecule has 2 rings (SSSR count). The first-order chi connectivity index (χ1) is 12.2. The van der Waals surface area contributed by atoms with Crippen molar-refractivity contribution >= 4 is 12.4 Å². The second-order valence-electron chi connectivity index (χ2n) is 5.97. The standard InChI is InChI=1S/C20H27NO4.ClH/c1-24-13-11-17-4-8-20(9-5-17)25-15-19(23)14-21-12-10-16-2-6-18(22)7-3-16;/h2-9,19,21-23H,10-15H2,1H3;1H. The number of aliphatic hydroxyl groups excluding tert-OH is 1. The third-order valence-electron chi connectivity index (χ3n) is 3.87. The molecule has 0 fully saturated rings. The molecular formula is C20H28ClNO4. The van der Waals surface area contributed by atoms with Crippen LogP contribution >= 0.6 is 12.4 Å². The van der Waals surface area contributed by atoms with Crippen LogP contribution in [-0.2, 0) is 17.6 Å². The molecule has 1 unspecified atom stereocenters. The molecule has 0 saturated carbocycles. The van der Waals surface area contributed by atoms with Gasteiger partial charge in [0, 0.05) is 13.7 Å². The fraction of sp³-hybridized carbons (Fsp3) is 0.400. The lowest BCUT2D eigenvalue weighted by Gasteiger charge is -2.13. The minimum atomic E-state index is -0.562. The monoisotopic (exact) mass is 381 g/mol. The van der Waals surface area contributed by atoms with Crippen LogP contribution < -0.4 is 10.1 Å². The van der Waals surface area contributed by atoms with Crippen LogP contribution in [0.25, 0.3) is 0 Å². The van der Waals surface area contributed by atoms with E-state index >= 15 is 0 Å². The number of aliphatic hydroxyl groups is 1. The summed E-state index contributed by atoms with van der Waals surface area (Å²) in [5.41, 5.74) is 2.34. The molecule has 6 heteroatoms. The molecule has 0 aliphatic heterocycles. The van der Waals surface area contributed by atoms with Gasteiger partial charge in [-0.2, -0.15) is 0 Å². The van der Waals surface area contributed by atoms with Gasteiger partial charge in [0.05, 0.1) is 6.61 Å². The molecule has 0 spiro atoms. The first-order valence-electron chi connectivity index (χ1n) is 8.54. The Labute approximate surface area is 161 Å². The summed E-state index contributed by atoms with van der Waals surface area (Å²) >= 11 is 0. The van der Waals surface area contributed by atoms with Crippen LogP contribution in [-0.4, -0.2) is 49.7 Å². The Hall–Kier alpha value is -1.79. The van der Waals surface area contributed by atoms with Crippen LogP contribution in [0.3, 0.4) is 0 Å². The SMILES string of the molecule is COCCc1ccc(OCC(O)CNCCc2ccc(O)cc2)cc1.Cl. The molecule has 0 aromatic heterocycles. The van der Waals surface area contributed by atoms with Crippen LogP contribution in [0.1, 0.15) is 11.1 Å². The molecule has 2 aromatic rings. The number of hydrogen-bond donors (Lipinski definition) is 3. The average Bonchev–Trinajstić information content (AvgIpc) is 2.64. The summed E-state index contributed by atoms with van der Waals surface area (Å²) in [6.07, 6.45) is 1.16. The van der Waals surface area contributed by atoms with Gasteiger partial charge in [0.2, 0.25) is 0 Å². The van der Waals surface area contributed by atoms with E-state index in [0.29, 0.717) is 13.2 Å². The number of phenols is 1. The largest absolute Gasteiger partial charge is 0.508 e. The number of aromatic hydroxyl groups is 1. The summed E-state index contributed by atoms with van der Waals surface area (Å²) in [5, 5.41) is 22.4. The van der Waals surface area contributed by atoms with Crippen LogP contribution in [0, 0.1) is 0 Å². The summed E-state index contributed by atoms with van der Waals surface area (Å²) in [4.78, 5) is 0. The zero-order valence-corrected chi connectivity index (χ0v) is 15.9. The Balaban J connectivity index is 0.00000338. The van der Waals surface area contributed by atoms with Crippen molar-refractivity contribution in [3.63, 3.8) is 0 Å². The number of rotatable bonds is 11. The fourth-order valence-electron chi connectivity index (χ4n) is 2.39. The Kier molecular flexibility index (Phi) is 10.7. The van der Waals surface area contributed by atoms with Crippen molar-refractivity contribution in [3.05, 3.63) is 59.7 Å². The number of methoxy groups -OCH3 is 1. The number of nitrogens with one attached hydrogen (secondary N) is 1. The zero-order valence-electron chi connectivity index (χ0n) is 15.1. The van der Waals surface area contributed by atoms with E-state index in [1.165, 1.54) is 5.56 Å². The molecule has 0 aliphatic carbocycles. The highest BCUT2D eigenvalue weighted by molar-refractivity contribution is 5.85. The van der Waals surface area contributed by atoms with E-state index in [-0.39, 0.29) is 24.8 Å². The Morgan fingerprint density at radius 2 is 1.58 bits per heavy atom. The van der Waals surface area contributed by atoms with E-state index in [1.54, 1.807) is 19.2 Å². The zero-order chi connectivity index (χ0) is 17.9. The highest BCUT2D eigenvalue weighted by Gasteiger charge is 2.05. The normalized spacial score (nSPS) is 11.6. The van der Waals surface area contributed by atoms with E-state index in [1.807, 2.05) is 36.4 Å². The highest BCUT2D eigenvalue weighted by atomic mass is 35.5. The maximum absolute atomic E-state index is 9.98. The van der Waals surface area contributed by atoms with Crippen LogP contribution in [0.2, 0.25) is 0 Å². The third-order valence-corrected chi connectivity index (χ3v) is 3.87. The van der Waals surface area contributed by atoms with Crippen LogP contribution in [0.4, 0.5) is 0 Å². The third kappa shape index (κ3) is 8.54. The average molecular weight is 382 g/mol. The van der Waals surface area contributed by atoms with Gasteiger partial charge in [-0.05, 0) is 54.8 Å². The van der Waals surface area contributed by atoms with Crippen molar-refractivity contribution in [1.82, 2.24) is 5.32 Å². The highest BCUT2D eigenvalue weighted by Crippen LogP contribution is 2.13. The van der Waals surface area contributed by atoms with Gasteiger partial charge in [-0.15, -0.1) is 12.4 Å². The lowest BCUT2D eigenvalue weighted by molar-refractivity contribution is 0.106. The molecule has 26 heavy (non-hydrogen) atoms. The summed E-state index contributed by atoms with van der Waals surface area (Å²) < 4.78 is 10.7. The first kappa shape index (κ1) is 22.3. The molecular weight excluding hydrogens is 354 g/mol. The molecule has 3 N–H and O–H groups in total. The number of halogens is 1. The van der Waals surface area contributed by atoms with Crippen molar-refractivity contribution in [2.75, 3.05) is 33.4 Å². The Bertz CT molecular complexity index is 604. The minimum Gasteiger partial charge on any atom is -0.508 e. The molecule has 5 nitrogen and oxygen atoms in total. The van der Waals surface area contributed by atoms with Gasteiger partial charge in [0.15, 0.2) is 0 Å². The molecule has 1 atom stereocenters. The fourth-order valence-corrected chi connectivity index (χ4v) is 2.39.